The summed E-state index contributed by atoms with van der Waals surface area (Å²) in [7, 11) is 0. The Balaban J connectivity index is 2.19. The molecule has 0 spiro atoms. The van der Waals surface area contributed by atoms with Gasteiger partial charge >= 0.3 is 0 Å². The first-order valence-corrected chi connectivity index (χ1v) is 5.24. The Kier molecular flexibility index (Phi) is 2.67. The van der Waals surface area contributed by atoms with Gasteiger partial charge in [-0.25, -0.2) is 4.98 Å². The predicted octanol–water partition coefficient (Wildman–Crippen LogP) is 0.862. The number of hydrogen-bond acceptors (Lipinski definition) is 5. The fraction of sp³-hybridized carbons (Fsp3) is 0.455. The van der Waals surface area contributed by atoms with Gasteiger partial charge in [-0.1, -0.05) is 0 Å². The summed E-state index contributed by atoms with van der Waals surface area (Å²) in [6.45, 7) is 0.0775. The molecule has 0 saturated heterocycles. The average molecular weight is 218 g/mol. The number of aromatic nitrogens is 1. The Labute approximate surface area is 93.9 Å². The molecular formula is C11H14N4O. The highest BCUT2D eigenvalue weighted by Gasteiger charge is 2.36. The molecule has 0 aromatic carbocycles. The molecule has 1 fully saturated rings. The van der Waals surface area contributed by atoms with E-state index in [9.17, 15) is 5.11 Å². The van der Waals surface area contributed by atoms with E-state index in [4.69, 9.17) is 11.0 Å². The summed E-state index contributed by atoms with van der Waals surface area (Å²) in [5, 5.41) is 21.2. The summed E-state index contributed by atoms with van der Waals surface area (Å²) in [4.78, 5) is 4.09. The molecule has 0 amide bonds. The Morgan fingerprint density at radius 1 is 1.62 bits per heavy atom. The number of nitrogens with zero attached hydrogens (tertiary/aromatic N) is 2. The molecule has 16 heavy (non-hydrogen) atoms. The predicted molar refractivity (Wildman–Crippen MR) is 60.7 cm³/mol. The lowest BCUT2D eigenvalue weighted by Gasteiger charge is -2.41. The lowest BCUT2D eigenvalue weighted by Crippen LogP contribution is -2.48. The van der Waals surface area contributed by atoms with E-state index in [0.717, 1.165) is 19.3 Å². The summed E-state index contributed by atoms with van der Waals surface area (Å²) in [5.41, 5.74) is 6.39. The Morgan fingerprint density at radius 3 is 2.81 bits per heavy atom. The Bertz CT molecular complexity index is 429. The lowest BCUT2D eigenvalue weighted by atomic mass is 9.77. The first-order chi connectivity index (χ1) is 7.69. The molecule has 0 aliphatic heterocycles. The van der Waals surface area contributed by atoms with Crippen molar-refractivity contribution in [3.63, 3.8) is 0 Å². The minimum absolute atomic E-state index is 0.0775. The third-order valence-corrected chi connectivity index (χ3v) is 3.04. The van der Waals surface area contributed by atoms with Crippen LogP contribution in [0.5, 0.6) is 0 Å². The van der Waals surface area contributed by atoms with Crippen LogP contribution in [-0.2, 0) is 0 Å². The Hall–Kier alpha value is -1.80. The molecule has 1 aromatic rings. The molecule has 0 unspecified atom stereocenters. The van der Waals surface area contributed by atoms with Crippen molar-refractivity contribution in [3.05, 3.63) is 17.8 Å². The molecule has 1 aromatic heterocycles. The van der Waals surface area contributed by atoms with E-state index in [1.54, 1.807) is 6.07 Å². The van der Waals surface area contributed by atoms with Gasteiger partial charge in [0.25, 0.3) is 0 Å². The minimum atomic E-state index is -0.269. The number of rotatable bonds is 3. The number of pyridine rings is 1. The van der Waals surface area contributed by atoms with Crippen LogP contribution in [0.3, 0.4) is 0 Å². The highest BCUT2D eigenvalue weighted by molar-refractivity contribution is 5.64. The number of nitriles is 1. The second kappa shape index (κ2) is 3.99. The molecule has 1 heterocycles. The number of anilines is 2. The van der Waals surface area contributed by atoms with Gasteiger partial charge in [-0.3, -0.25) is 0 Å². The van der Waals surface area contributed by atoms with Crippen molar-refractivity contribution < 1.29 is 5.11 Å². The molecule has 1 aliphatic carbocycles. The van der Waals surface area contributed by atoms with Gasteiger partial charge in [-0.15, -0.1) is 0 Å². The number of aliphatic hydroxyl groups excluding tert-OH is 1. The van der Waals surface area contributed by atoms with Crippen LogP contribution in [0.25, 0.3) is 0 Å². The first kappa shape index (κ1) is 10.7. The fourth-order valence-corrected chi connectivity index (χ4v) is 1.82. The molecule has 5 nitrogen and oxygen atoms in total. The van der Waals surface area contributed by atoms with Gasteiger partial charge in [0.1, 0.15) is 11.9 Å². The number of nitrogen functional groups attached to an aromatic ring is 1. The van der Waals surface area contributed by atoms with E-state index >= 15 is 0 Å². The second-order valence-electron chi connectivity index (χ2n) is 4.19. The fourth-order valence-electron chi connectivity index (χ4n) is 1.82. The molecule has 0 radical (unpaired) electrons. The quantitative estimate of drug-likeness (QED) is 0.699. The summed E-state index contributed by atoms with van der Waals surface area (Å²) in [6.07, 6.45) is 4.42. The largest absolute Gasteiger partial charge is 0.396 e. The molecule has 4 N–H and O–H groups in total. The maximum atomic E-state index is 9.31. The average Bonchev–Trinajstić information content (AvgIpc) is 2.25. The number of nitrogens with one attached hydrogen (secondary N) is 1. The number of aliphatic hydroxyl groups is 1. The monoisotopic (exact) mass is 218 g/mol. The molecule has 0 bridgehead atoms. The van der Waals surface area contributed by atoms with Crippen molar-refractivity contribution in [1.82, 2.24) is 4.98 Å². The van der Waals surface area contributed by atoms with Crippen LogP contribution in [0.1, 0.15) is 24.8 Å². The van der Waals surface area contributed by atoms with E-state index < -0.39 is 0 Å². The van der Waals surface area contributed by atoms with Crippen molar-refractivity contribution >= 4 is 11.5 Å². The van der Waals surface area contributed by atoms with Crippen LogP contribution in [0.2, 0.25) is 0 Å². The number of hydrogen-bond donors (Lipinski definition) is 3. The van der Waals surface area contributed by atoms with Crippen molar-refractivity contribution in [2.75, 3.05) is 17.7 Å². The SMILES string of the molecule is N#Cc1cnc(NC2(CO)CCC2)c(N)c1. The van der Waals surface area contributed by atoms with Gasteiger partial charge in [0.2, 0.25) is 0 Å². The van der Waals surface area contributed by atoms with Gasteiger partial charge in [0.15, 0.2) is 0 Å². The van der Waals surface area contributed by atoms with Crippen LogP contribution in [0.4, 0.5) is 11.5 Å². The lowest BCUT2D eigenvalue weighted by molar-refractivity contribution is 0.144. The number of nitrogens with two attached hydrogens (primary N) is 1. The normalized spacial score (nSPS) is 17.2. The summed E-state index contributed by atoms with van der Waals surface area (Å²) in [6, 6.07) is 3.56. The molecule has 2 rings (SSSR count). The van der Waals surface area contributed by atoms with Crippen LogP contribution < -0.4 is 11.1 Å². The van der Waals surface area contributed by atoms with Gasteiger partial charge < -0.3 is 16.2 Å². The van der Waals surface area contributed by atoms with Gasteiger partial charge in [-0.05, 0) is 25.3 Å². The van der Waals surface area contributed by atoms with Crippen molar-refractivity contribution in [2.45, 2.75) is 24.8 Å². The third-order valence-electron chi connectivity index (χ3n) is 3.04. The zero-order valence-electron chi connectivity index (χ0n) is 8.90. The molecule has 84 valence electrons. The zero-order chi connectivity index (χ0) is 11.6. The van der Waals surface area contributed by atoms with E-state index in [2.05, 4.69) is 10.3 Å². The van der Waals surface area contributed by atoms with Gasteiger partial charge in [0, 0.05) is 6.20 Å². The van der Waals surface area contributed by atoms with Gasteiger partial charge in [0.05, 0.1) is 23.4 Å². The van der Waals surface area contributed by atoms with Crippen LogP contribution >= 0.6 is 0 Å². The summed E-state index contributed by atoms with van der Waals surface area (Å²) in [5.74, 6) is 0.549. The van der Waals surface area contributed by atoms with Crippen molar-refractivity contribution in [1.29, 1.82) is 5.26 Å². The van der Waals surface area contributed by atoms with Crippen LogP contribution in [0.15, 0.2) is 12.3 Å². The van der Waals surface area contributed by atoms with E-state index in [1.807, 2.05) is 6.07 Å². The van der Waals surface area contributed by atoms with Crippen LogP contribution in [0, 0.1) is 11.3 Å². The van der Waals surface area contributed by atoms with Crippen LogP contribution in [-0.4, -0.2) is 22.2 Å². The topological polar surface area (TPSA) is 95.0 Å². The third kappa shape index (κ3) is 1.79. The standard InChI is InChI=1S/C11H14N4O/c12-5-8-4-9(13)10(14-6-8)15-11(7-16)2-1-3-11/h4,6,16H,1-3,7,13H2,(H,14,15). The molecule has 0 atom stereocenters. The maximum absolute atomic E-state index is 9.31. The van der Waals surface area contributed by atoms with Crippen molar-refractivity contribution in [2.24, 2.45) is 0 Å². The maximum Gasteiger partial charge on any atom is 0.149 e. The molecular weight excluding hydrogens is 204 g/mol. The highest BCUT2D eigenvalue weighted by atomic mass is 16.3. The molecule has 1 saturated carbocycles. The van der Waals surface area contributed by atoms with Crippen molar-refractivity contribution in [3.8, 4) is 6.07 Å². The smallest absolute Gasteiger partial charge is 0.149 e. The van der Waals surface area contributed by atoms with E-state index in [0.29, 0.717) is 17.1 Å². The molecule has 5 heteroatoms. The summed E-state index contributed by atoms with van der Waals surface area (Å²) < 4.78 is 0. The van der Waals surface area contributed by atoms with E-state index in [1.165, 1.54) is 6.20 Å². The first-order valence-electron chi connectivity index (χ1n) is 5.24. The molecule has 1 aliphatic rings. The van der Waals surface area contributed by atoms with Gasteiger partial charge in [-0.2, -0.15) is 5.26 Å². The van der Waals surface area contributed by atoms with E-state index in [-0.39, 0.29) is 12.1 Å². The zero-order valence-corrected chi connectivity index (χ0v) is 8.90. The minimum Gasteiger partial charge on any atom is -0.396 e. The second-order valence-corrected chi connectivity index (χ2v) is 4.19. The summed E-state index contributed by atoms with van der Waals surface area (Å²) >= 11 is 0. The highest BCUT2D eigenvalue weighted by Crippen LogP contribution is 2.35. The Morgan fingerprint density at radius 2 is 2.38 bits per heavy atom.